The number of rotatable bonds is 5. The van der Waals surface area contributed by atoms with Crippen LogP contribution in [-0.4, -0.2) is 21.0 Å². The molecule has 0 saturated heterocycles. The lowest BCUT2D eigenvalue weighted by atomic mass is 10.0. The molecule has 0 saturated carbocycles. The van der Waals surface area contributed by atoms with Crippen molar-refractivity contribution < 1.29 is 5.11 Å². The maximum absolute atomic E-state index is 10.3. The minimum absolute atomic E-state index is 0.363. The topological polar surface area (TPSA) is 38.0 Å². The number of benzene rings is 1. The van der Waals surface area contributed by atoms with Crippen LogP contribution in [0.15, 0.2) is 24.3 Å². The molecule has 0 bridgehead atoms. The molecule has 0 fully saturated rings. The van der Waals surface area contributed by atoms with Gasteiger partial charge < -0.3 is 5.11 Å². The van der Waals surface area contributed by atoms with E-state index in [0.717, 1.165) is 17.9 Å². The second-order valence-corrected chi connectivity index (χ2v) is 5.65. The molecule has 108 valence electrons. The summed E-state index contributed by atoms with van der Waals surface area (Å²) in [4.78, 5) is 0. The van der Waals surface area contributed by atoms with E-state index in [1.165, 1.54) is 16.7 Å². The van der Waals surface area contributed by atoms with Gasteiger partial charge in [0.25, 0.3) is 0 Å². The van der Waals surface area contributed by atoms with E-state index < -0.39 is 0 Å². The van der Waals surface area contributed by atoms with E-state index in [1.54, 1.807) is 0 Å². The Morgan fingerprint density at radius 3 is 2.30 bits per heavy atom. The molecule has 0 aliphatic heterocycles. The third kappa shape index (κ3) is 3.70. The van der Waals surface area contributed by atoms with Crippen molar-refractivity contribution in [1.82, 2.24) is 9.78 Å². The van der Waals surface area contributed by atoms with Gasteiger partial charge in [-0.05, 0) is 45.7 Å². The molecule has 3 heteroatoms. The van der Waals surface area contributed by atoms with Crippen LogP contribution in [0, 0.1) is 20.8 Å². The minimum Gasteiger partial charge on any atom is -0.392 e. The van der Waals surface area contributed by atoms with Gasteiger partial charge in [-0.1, -0.05) is 29.3 Å². The Labute approximate surface area is 121 Å². The fourth-order valence-electron chi connectivity index (χ4n) is 2.81. The Hall–Kier alpha value is -1.61. The number of aryl methyl sites for hydroxylation is 4. The molecule has 0 aliphatic carbocycles. The molecule has 0 amide bonds. The van der Waals surface area contributed by atoms with Crippen molar-refractivity contribution in [3.63, 3.8) is 0 Å². The molecule has 1 aromatic heterocycles. The standard InChI is InChI=1S/C17H24N2O/c1-5-19-16(9-14(4)18-19)11-17(20)10-15-7-12(2)6-13(3)8-15/h6-9,17,20H,5,10-11H2,1-4H3. The van der Waals surface area contributed by atoms with Crippen molar-refractivity contribution >= 4 is 0 Å². The Balaban J connectivity index is 2.06. The summed E-state index contributed by atoms with van der Waals surface area (Å²) >= 11 is 0. The van der Waals surface area contributed by atoms with Crippen molar-refractivity contribution in [2.75, 3.05) is 0 Å². The first kappa shape index (κ1) is 14.8. The summed E-state index contributed by atoms with van der Waals surface area (Å²) in [6.07, 6.45) is 0.982. The van der Waals surface area contributed by atoms with E-state index >= 15 is 0 Å². The second-order valence-electron chi connectivity index (χ2n) is 5.65. The van der Waals surface area contributed by atoms with Gasteiger partial charge in [0.2, 0.25) is 0 Å². The molecule has 3 nitrogen and oxygen atoms in total. The Kier molecular flexibility index (Phi) is 4.61. The average Bonchev–Trinajstić information content (AvgIpc) is 2.67. The number of aliphatic hydroxyl groups excluding tert-OH is 1. The first-order valence-corrected chi connectivity index (χ1v) is 7.26. The smallest absolute Gasteiger partial charge is 0.0635 e. The van der Waals surface area contributed by atoms with E-state index in [1.807, 2.05) is 11.6 Å². The lowest BCUT2D eigenvalue weighted by Crippen LogP contribution is -2.17. The maximum atomic E-state index is 10.3. The number of aliphatic hydroxyl groups is 1. The second kappa shape index (κ2) is 6.23. The van der Waals surface area contributed by atoms with Crippen LogP contribution in [0.5, 0.6) is 0 Å². The van der Waals surface area contributed by atoms with Gasteiger partial charge in [-0.15, -0.1) is 0 Å². The summed E-state index contributed by atoms with van der Waals surface area (Å²) in [7, 11) is 0. The molecule has 2 rings (SSSR count). The van der Waals surface area contributed by atoms with Crippen LogP contribution in [0.4, 0.5) is 0 Å². The number of aromatic nitrogens is 2. The third-order valence-electron chi connectivity index (χ3n) is 3.48. The average molecular weight is 272 g/mol. The van der Waals surface area contributed by atoms with E-state index in [9.17, 15) is 5.11 Å². The molecule has 1 heterocycles. The Morgan fingerprint density at radius 2 is 1.70 bits per heavy atom. The predicted octanol–water partition coefficient (Wildman–Crippen LogP) is 2.97. The van der Waals surface area contributed by atoms with Crippen molar-refractivity contribution in [1.29, 1.82) is 0 Å². The molecule has 0 aliphatic rings. The first-order valence-electron chi connectivity index (χ1n) is 7.26. The molecule has 1 unspecified atom stereocenters. The molecule has 1 atom stereocenters. The molecule has 0 spiro atoms. The highest BCUT2D eigenvalue weighted by Crippen LogP contribution is 2.14. The Bertz CT molecular complexity index is 566. The number of nitrogens with zero attached hydrogens (tertiary/aromatic N) is 2. The monoisotopic (exact) mass is 272 g/mol. The first-order chi connectivity index (χ1) is 9.47. The van der Waals surface area contributed by atoms with Crippen molar-refractivity contribution in [3.8, 4) is 0 Å². The molecular formula is C17H24N2O. The van der Waals surface area contributed by atoms with E-state index in [-0.39, 0.29) is 6.10 Å². The predicted molar refractivity (Wildman–Crippen MR) is 82.0 cm³/mol. The zero-order valence-corrected chi connectivity index (χ0v) is 12.8. The lowest BCUT2D eigenvalue weighted by Gasteiger charge is -2.13. The largest absolute Gasteiger partial charge is 0.392 e. The fourth-order valence-corrected chi connectivity index (χ4v) is 2.81. The molecule has 1 aromatic carbocycles. The molecule has 20 heavy (non-hydrogen) atoms. The summed E-state index contributed by atoms with van der Waals surface area (Å²) in [6, 6.07) is 8.52. The lowest BCUT2D eigenvalue weighted by molar-refractivity contribution is 0.172. The highest BCUT2D eigenvalue weighted by Gasteiger charge is 2.12. The van der Waals surface area contributed by atoms with Crippen LogP contribution in [0.2, 0.25) is 0 Å². The van der Waals surface area contributed by atoms with Gasteiger partial charge in [-0.3, -0.25) is 4.68 Å². The van der Waals surface area contributed by atoms with Crippen LogP contribution < -0.4 is 0 Å². The van der Waals surface area contributed by atoms with Gasteiger partial charge in [0.05, 0.1) is 11.8 Å². The molecule has 0 radical (unpaired) electrons. The highest BCUT2D eigenvalue weighted by atomic mass is 16.3. The number of hydrogen-bond acceptors (Lipinski definition) is 2. The highest BCUT2D eigenvalue weighted by molar-refractivity contribution is 5.29. The normalized spacial score (nSPS) is 12.7. The van der Waals surface area contributed by atoms with Gasteiger partial charge in [-0.2, -0.15) is 5.10 Å². The van der Waals surface area contributed by atoms with Crippen molar-refractivity contribution in [2.24, 2.45) is 0 Å². The van der Waals surface area contributed by atoms with Crippen molar-refractivity contribution in [3.05, 3.63) is 52.3 Å². The number of hydrogen-bond donors (Lipinski definition) is 1. The summed E-state index contributed by atoms with van der Waals surface area (Å²) in [5, 5.41) is 14.7. The fraction of sp³-hybridized carbons (Fsp3) is 0.471. The maximum Gasteiger partial charge on any atom is 0.0635 e. The van der Waals surface area contributed by atoms with Gasteiger partial charge >= 0.3 is 0 Å². The van der Waals surface area contributed by atoms with Crippen LogP contribution in [0.1, 0.15) is 35.0 Å². The summed E-state index contributed by atoms with van der Waals surface area (Å²) in [6.45, 7) is 9.11. The van der Waals surface area contributed by atoms with Gasteiger partial charge in [0.1, 0.15) is 0 Å². The van der Waals surface area contributed by atoms with Crippen molar-refractivity contribution in [2.45, 2.75) is 53.2 Å². The van der Waals surface area contributed by atoms with E-state index in [4.69, 9.17) is 0 Å². The van der Waals surface area contributed by atoms with E-state index in [0.29, 0.717) is 12.8 Å². The SMILES string of the molecule is CCn1nc(C)cc1CC(O)Cc1cc(C)cc(C)c1. The van der Waals surface area contributed by atoms with Crippen LogP contribution in [0.25, 0.3) is 0 Å². The summed E-state index contributed by atoms with van der Waals surface area (Å²) < 4.78 is 1.97. The van der Waals surface area contributed by atoms with Crippen LogP contribution in [-0.2, 0) is 19.4 Å². The molecule has 1 N–H and O–H groups in total. The molecular weight excluding hydrogens is 248 g/mol. The van der Waals surface area contributed by atoms with E-state index in [2.05, 4.69) is 50.1 Å². The zero-order valence-electron chi connectivity index (χ0n) is 12.8. The summed E-state index contributed by atoms with van der Waals surface area (Å²) in [5.74, 6) is 0. The molecule has 2 aromatic rings. The van der Waals surface area contributed by atoms with Crippen LogP contribution >= 0.6 is 0 Å². The summed E-state index contributed by atoms with van der Waals surface area (Å²) in [5.41, 5.74) is 5.83. The third-order valence-corrected chi connectivity index (χ3v) is 3.48. The van der Waals surface area contributed by atoms with Crippen LogP contribution in [0.3, 0.4) is 0 Å². The quantitative estimate of drug-likeness (QED) is 0.908. The van der Waals surface area contributed by atoms with Gasteiger partial charge in [0.15, 0.2) is 0 Å². The Morgan fingerprint density at radius 1 is 1.05 bits per heavy atom. The minimum atomic E-state index is -0.363. The van der Waals surface area contributed by atoms with Gasteiger partial charge in [0, 0.05) is 18.7 Å². The zero-order chi connectivity index (χ0) is 14.7. The van der Waals surface area contributed by atoms with Gasteiger partial charge in [-0.25, -0.2) is 0 Å².